The van der Waals surface area contributed by atoms with Gasteiger partial charge in [0.1, 0.15) is 5.75 Å². The molecule has 0 saturated heterocycles. The molecule has 2 aromatic carbocycles. The molecule has 100 valence electrons. The Morgan fingerprint density at radius 1 is 1.26 bits per heavy atom. The van der Waals surface area contributed by atoms with Crippen LogP contribution in [0, 0.1) is 0 Å². The van der Waals surface area contributed by atoms with E-state index in [4.69, 9.17) is 9.84 Å². The topological polar surface area (TPSA) is 49.8 Å². The molecule has 0 radical (unpaired) electrons. The Labute approximate surface area is 112 Å². The first-order valence-corrected chi connectivity index (χ1v) is 6.06. The van der Waals surface area contributed by atoms with Crippen molar-refractivity contribution < 1.29 is 14.6 Å². The lowest BCUT2D eigenvalue weighted by molar-refractivity contribution is -0.138. The van der Waals surface area contributed by atoms with Gasteiger partial charge >= 0.3 is 5.97 Å². The van der Waals surface area contributed by atoms with Gasteiger partial charge in [0.25, 0.3) is 0 Å². The lowest BCUT2D eigenvalue weighted by atomic mass is 10.0. The largest absolute Gasteiger partial charge is 0.496 e. The van der Waals surface area contributed by atoms with Crippen molar-refractivity contribution in [2.24, 2.45) is 0 Å². The number of fused-ring (bicyclic) bond motifs is 1. The molecule has 2 rings (SSSR count). The fourth-order valence-electron chi connectivity index (χ4n) is 2.23. The monoisotopic (exact) mass is 259 g/mol. The molecule has 0 fully saturated rings. The van der Waals surface area contributed by atoms with Crippen molar-refractivity contribution >= 4 is 16.7 Å². The number of carboxylic acids is 1. The summed E-state index contributed by atoms with van der Waals surface area (Å²) in [6, 6.07) is 12.0. The summed E-state index contributed by atoms with van der Waals surface area (Å²) in [4.78, 5) is 12.5. The highest BCUT2D eigenvalue weighted by Crippen LogP contribution is 2.28. The molecule has 0 aliphatic rings. The number of ether oxygens (including phenoxy) is 1. The number of aliphatic carboxylic acids is 1. The van der Waals surface area contributed by atoms with Gasteiger partial charge in [-0.1, -0.05) is 30.3 Å². The average molecular weight is 259 g/mol. The van der Waals surface area contributed by atoms with Crippen molar-refractivity contribution in [2.45, 2.75) is 6.54 Å². The molecule has 0 amide bonds. The highest BCUT2D eigenvalue weighted by Gasteiger charge is 2.12. The summed E-state index contributed by atoms with van der Waals surface area (Å²) < 4.78 is 5.39. The number of hydrogen-bond donors (Lipinski definition) is 1. The Bertz CT molecular complexity index is 595. The zero-order chi connectivity index (χ0) is 13.8. The number of carbonyl (C=O) groups is 1. The lowest BCUT2D eigenvalue weighted by Gasteiger charge is -2.18. The van der Waals surface area contributed by atoms with Crippen LogP contribution < -0.4 is 4.74 Å². The maximum atomic E-state index is 10.7. The van der Waals surface area contributed by atoms with Crippen molar-refractivity contribution in [3.8, 4) is 5.75 Å². The van der Waals surface area contributed by atoms with E-state index in [1.165, 1.54) is 0 Å². The van der Waals surface area contributed by atoms with Gasteiger partial charge in [0.05, 0.1) is 13.7 Å². The molecule has 19 heavy (non-hydrogen) atoms. The number of benzene rings is 2. The van der Waals surface area contributed by atoms with Gasteiger partial charge in [0, 0.05) is 12.1 Å². The van der Waals surface area contributed by atoms with Crippen LogP contribution in [0.1, 0.15) is 5.56 Å². The lowest BCUT2D eigenvalue weighted by Crippen LogP contribution is -2.25. The molecule has 0 aliphatic heterocycles. The average Bonchev–Trinajstić information content (AvgIpc) is 2.38. The van der Waals surface area contributed by atoms with Gasteiger partial charge in [-0.2, -0.15) is 0 Å². The van der Waals surface area contributed by atoms with E-state index in [0.29, 0.717) is 6.54 Å². The Morgan fingerprint density at radius 3 is 2.68 bits per heavy atom. The van der Waals surface area contributed by atoms with E-state index in [1.807, 2.05) is 36.4 Å². The van der Waals surface area contributed by atoms with Crippen molar-refractivity contribution in [3.63, 3.8) is 0 Å². The van der Waals surface area contributed by atoms with Crippen LogP contribution in [0.2, 0.25) is 0 Å². The van der Waals surface area contributed by atoms with Gasteiger partial charge in [-0.05, 0) is 23.9 Å². The number of hydrogen-bond acceptors (Lipinski definition) is 3. The molecular formula is C15H17NO3. The molecule has 4 heteroatoms. The van der Waals surface area contributed by atoms with Crippen molar-refractivity contribution in [1.29, 1.82) is 0 Å². The summed E-state index contributed by atoms with van der Waals surface area (Å²) in [7, 11) is 3.42. The molecule has 0 saturated carbocycles. The number of methoxy groups -OCH3 is 1. The Morgan fingerprint density at radius 2 is 2.00 bits per heavy atom. The molecule has 0 unspecified atom stereocenters. The highest BCUT2D eigenvalue weighted by molar-refractivity contribution is 5.87. The van der Waals surface area contributed by atoms with Gasteiger partial charge in [0.2, 0.25) is 0 Å². The first kappa shape index (κ1) is 13.4. The SMILES string of the molecule is COc1ccc2ccccc2c1CN(C)CC(=O)O. The minimum Gasteiger partial charge on any atom is -0.496 e. The smallest absolute Gasteiger partial charge is 0.317 e. The standard InChI is InChI=1S/C15H17NO3/c1-16(10-15(17)18)9-13-12-6-4-3-5-11(12)7-8-14(13)19-2/h3-8H,9-10H2,1-2H3,(H,17,18). The summed E-state index contributed by atoms with van der Waals surface area (Å²) in [5.74, 6) is -0.0438. The second-order valence-electron chi connectivity index (χ2n) is 4.53. The first-order chi connectivity index (χ1) is 9.11. The van der Waals surface area contributed by atoms with Crippen molar-refractivity contribution in [3.05, 3.63) is 42.0 Å². The van der Waals surface area contributed by atoms with Crippen LogP contribution in [-0.4, -0.2) is 36.7 Å². The minimum atomic E-state index is -0.832. The van der Waals surface area contributed by atoms with Gasteiger partial charge in [-0.15, -0.1) is 0 Å². The zero-order valence-corrected chi connectivity index (χ0v) is 11.1. The maximum absolute atomic E-state index is 10.7. The number of likely N-dealkylation sites (N-methyl/N-ethyl adjacent to an activating group) is 1. The Kier molecular flexibility index (Phi) is 4.02. The number of carboxylic acid groups (broad SMARTS) is 1. The predicted octanol–water partition coefficient (Wildman–Crippen LogP) is 2.36. The van der Waals surface area contributed by atoms with E-state index in [9.17, 15) is 4.79 Å². The van der Waals surface area contributed by atoms with Crippen LogP contribution in [0.4, 0.5) is 0 Å². The van der Waals surface area contributed by atoms with E-state index in [0.717, 1.165) is 22.1 Å². The van der Waals surface area contributed by atoms with Crippen molar-refractivity contribution in [2.75, 3.05) is 20.7 Å². The van der Waals surface area contributed by atoms with Crippen LogP contribution in [-0.2, 0) is 11.3 Å². The predicted molar refractivity (Wildman–Crippen MR) is 74.5 cm³/mol. The van der Waals surface area contributed by atoms with Gasteiger partial charge in [-0.3, -0.25) is 9.69 Å². The highest BCUT2D eigenvalue weighted by atomic mass is 16.5. The Balaban J connectivity index is 2.41. The van der Waals surface area contributed by atoms with Crippen molar-refractivity contribution in [1.82, 2.24) is 4.90 Å². The molecule has 4 nitrogen and oxygen atoms in total. The summed E-state index contributed by atoms with van der Waals surface area (Å²) in [6.07, 6.45) is 0. The second kappa shape index (κ2) is 5.71. The van der Waals surface area contributed by atoms with Crippen LogP contribution in [0.3, 0.4) is 0 Å². The van der Waals surface area contributed by atoms with Gasteiger partial charge in [0.15, 0.2) is 0 Å². The number of rotatable bonds is 5. The van der Waals surface area contributed by atoms with E-state index >= 15 is 0 Å². The Hall–Kier alpha value is -2.07. The van der Waals surface area contributed by atoms with E-state index in [-0.39, 0.29) is 6.54 Å². The van der Waals surface area contributed by atoms with Crippen LogP contribution in [0.5, 0.6) is 5.75 Å². The third-order valence-corrected chi connectivity index (χ3v) is 3.05. The van der Waals surface area contributed by atoms with Gasteiger partial charge < -0.3 is 9.84 Å². The fraction of sp³-hybridized carbons (Fsp3) is 0.267. The second-order valence-corrected chi connectivity index (χ2v) is 4.53. The van der Waals surface area contributed by atoms with Gasteiger partial charge in [-0.25, -0.2) is 0 Å². The molecule has 0 aliphatic carbocycles. The molecule has 2 aromatic rings. The third kappa shape index (κ3) is 3.03. The summed E-state index contributed by atoms with van der Waals surface area (Å²) in [5, 5.41) is 11.1. The van der Waals surface area contributed by atoms with Crippen LogP contribution in [0.15, 0.2) is 36.4 Å². The molecule has 0 heterocycles. The summed E-state index contributed by atoms with van der Waals surface area (Å²) in [6.45, 7) is 0.545. The fourth-order valence-corrected chi connectivity index (χ4v) is 2.23. The minimum absolute atomic E-state index is 0.00632. The molecule has 0 bridgehead atoms. The van der Waals surface area contributed by atoms with E-state index in [1.54, 1.807) is 19.1 Å². The summed E-state index contributed by atoms with van der Waals surface area (Å²) in [5.41, 5.74) is 1.02. The molecule has 0 atom stereocenters. The molecule has 0 spiro atoms. The first-order valence-electron chi connectivity index (χ1n) is 6.06. The molecule has 1 N–H and O–H groups in total. The molecule has 0 aromatic heterocycles. The number of nitrogens with zero attached hydrogens (tertiary/aromatic N) is 1. The zero-order valence-electron chi connectivity index (χ0n) is 11.1. The van der Waals surface area contributed by atoms with E-state index < -0.39 is 5.97 Å². The van der Waals surface area contributed by atoms with Crippen LogP contribution in [0.25, 0.3) is 10.8 Å². The molecular weight excluding hydrogens is 242 g/mol. The summed E-state index contributed by atoms with van der Waals surface area (Å²) >= 11 is 0. The van der Waals surface area contributed by atoms with Crippen LogP contribution >= 0.6 is 0 Å². The third-order valence-electron chi connectivity index (χ3n) is 3.05. The van der Waals surface area contributed by atoms with E-state index in [2.05, 4.69) is 0 Å². The quantitative estimate of drug-likeness (QED) is 0.895. The maximum Gasteiger partial charge on any atom is 0.317 e. The normalized spacial score (nSPS) is 10.9.